The summed E-state index contributed by atoms with van der Waals surface area (Å²) in [5, 5.41) is 10.5. The van der Waals surface area contributed by atoms with Crippen molar-refractivity contribution in [3.63, 3.8) is 0 Å². The van der Waals surface area contributed by atoms with Crippen LogP contribution < -0.4 is 5.32 Å². The Balaban J connectivity index is 2.42. The van der Waals surface area contributed by atoms with Crippen molar-refractivity contribution in [1.29, 1.82) is 0 Å². The molecule has 1 aromatic heterocycles. The number of alkyl carbamates (subject to hydrolysis) is 1. The van der Waals surface area contributed by atoms with Crippen molar-refractivity contribution in [2.24, 2.45) is 0 Å². The number of amides is 1. The molecule has 6 nitrogen and oxygen atoms in total. The lowest BCUT2D eigenvalue weighted by molar-refractivity contribution is 0.130. The molecule has 0 spiro atoms. The van der Waals surface area contributed by atoms with Crippen LogP contribution in [0.4, 0.5) is 4.79 Å². The Kier molecular flexibility index (Phi) is 4.09. The molecule has 0 atom stereocenters. The first-order chi connectivity index (χ1) is 7.78. The van der Waals surface area contributed by atoms with Gasteiger partial charge in [-0.3, -0.25) is 0 Å². The Morgan fingerprint density at radius 3 is 2.65 bits per heavy atom. The maximum atomic E-state index is 11.4. The molecule has 0 aromatic carbocycles. The van der Waals surface area contributed by atoms with Gasteiger partial charge in [0.25, 0.3) is 0 Å². The number of carbonyl (C=O) groups excluding carboxylic acids is 1. The van der Waals surface area contributed by atoms with E-state index >= 15 is 0 Å². The third-order valence-corrected chi connectivity index (χ3v) is 1.92. The van der Waals surface area contributed by atoms with Crippen LogP contribution in [0.3, 0.4) is 0 Å². The zero-order chi connectivity index (χ0) is 13.1. The predicted octanol–water partition coefficient (Wildman–Crippen LogP) is 1.88. The minimum Gasteiger partial charge on any atom is -0.443 e. The quantitative estimate of drug-likeness (QED) is 0.875. The molecule has 1 N–H and O–H groups in total. The molecule has 6 heteroatoms. The molecule has 0 aliphatic rings. The van der Waals surface area contributed by atoms with Gasteiger partial charge in [-0.25, -0.2) is 9.48 Å². The zero-order valence-corrected chi connectivity index (χ0v) is 11.0. The van der Waals surface area contributed by atoms with Gasteiger partial charge in [0.2, 0.25) is 0 Å². The van der Waals surface area contributed by atoms with E-state index in [0.717, 1.165) is 0 Å². The fourth-order valence-electron chi connectivity index (χ4n) is 1.11. The summed E-state index contributed by atoms with van der Waals surface area (Å²) in [6.07, 6.45) is 1.33. The van der Waals surface area contributed by atoms with E-state index in [1.807, 2.05) is 34.6 Å². The summed E-state index contributed by atoms with van der Waals surface area (Å²) >= 11 is 0. The fraction of sp³-hybridized carbons (Fsp3) is 0.727. The lowest BCUT2D eigenvalue weighted by atomic mass is 10.1. The van der Waals surface area contributed by atoms with E-state index in [0.29, 0.717) is 5.69 Å². The summed E-state index contributed by atoms with van der Waals surface area (Å²) in [5.41, 5.74) is 0.342. The highest BCUT2D eigenvalue weighted by molar-refractivity contribution is 5.67. The first kappa shape index (κ1) is 13.5. The summed E-state index contributed by atoms with van der Waals surface area (Å²) < 4.78 is 6.75. The van der Waals surface area contributed by atoms with E-state index in [1.165, 1.54) is 0 Å². The van der Waals surface area contributed by atoms with Crippen molar-refractivity contribution < 1.29 is 9.53 Å². The molecule has 96 valence electrons. The van der Waals surface area contributed by atoms with Gasteiger partial charge in [0.15, 0.2) is 0 Å². The lowest BCUT2D eigenvalue weighted by Gasteiger charge is -2.19. The molecule has 0 bridgehead atoms. The summed E-state index contributed by atoms with van der Waals surface area (Å²) in [6, 6.07) is 0.250. The van der Waals surface area contributed by atoms with Gasteiger partial charge in [-0.1, -0.05) is 5.21 Å². The number of aromatic nitrogens is 3. The number of ether oxygens (including phenoxy) is 1. The minimum absolute atomic E-state index is 0.134. The number of rotatable bonds is 3. The summed E-state index contributed by atoms with van der Waals surface area (Å²) in [6.45, 7) is 9.82. The van der Waals surface area contributed by atoms with Crippen molar-refractivity contribution >= 4 is 6.09 Å². The van der Waals surface area contributed by atoms with Crippen LogP contribution in [0, 0.1) is 0 Å². The molecule has 0 saturated carbocycles. The molecule has 1 aromatic rings. The fourth-order valence-corrected chi connectivity index (χ4v) is 1.11. The number of nitrogens with zero attached hydrogens (tertiary/aromatic N) is 3. The van der Waals surface area contributed by atoms with E-state index in [4.69, 9.17) is 4.74 Å². The number of carbonyl (C=O) groups is 1. The van der Waals surface area contributed by atoms with Gasteiger partial charge < -0.3 is 10.1 Å². The molecule has 0 unspecified atom stereocenters. The van der Waals surface area contributed by atoms with Gasteiger partial charge >= 0.3 is 6.09 Å². The van der Waals surface area contributed by atoms with Crippen LogP contribution in [0.1, 0.15) is 46.4 Å². The number of nitrogens with one attached hydrogen (secondary N) is 1. The number of hydrogen-bond acceptors (Lipinski definition) is 4. The molecular formula is C11H20N4O2. The second-order valence-electron chi connectivity index (χ2n) is 5.23. The molecule has 1 amide bonds. The summed E-state index contributed by atoms with van der Waals surface area (Å²) in [4.78, 5) is 11.4. The van der Waals surface area contributed by atoms with Crippen LogP contribution in [0.2, 0.25) is 0 Å². The van der Waals surface area contributed by atoms with Gasteiger partial charge in [-0.05, 0) is 34.6 Å². The largest absolute Gasteiger partial charge is 0.443 e. The SMILES string of the molecule is CC(C)n1cc(COC(=O)NC(C)(C)C)nn1. The third-order valence-electron chi connectivity index (χ3n) is 1.92. The third kappa shape index (κ3) is 4.84. The normalized spacial score (nSPS) is 11.6. The van der Waals surface area contributed by atoms with E-state index in [9.17, 15) is 4.79 Å². The summed E-state index contributed by atoms with van der Waals surface area (Å²) in [5.74, 6) is 0. The van der Waals surface area contributed by atoms with Crippen molar-refractivity contribution in [1.82, 2.24) is 20.3 Å². The van der Waals surface area contributed by atoms with Crippen LogP contribution in [-0.4, -0.2) is 26.6 Å². The van der Waals surface area contributed by atoms with Crippen LogP contribution in [0.15, 0.2) is 6.20 Å². The predicted molar refractivity (Wildman–Crippen MR) is 63.5 cm³/mol. The van der Waals surface area contributed by atoms with Gasteiger partial charge in [0.1, 0.15) is 12.3 Å². The Bertz CT molecular complexity index is 379. The molecule has 0 radical (unpaired) electrons. The molecule has 0 aliphatic heterocycles. The second kappa shape index (κ2) is 5.16. The van der Waals surface area contributed by atoms with Crippen LogP contribution in [-0.2, 0) is 11.3 Å². The standard InChI is InChI=1S/C11H20N4O2/c1-8(2)15-6-9(13-14-15)7-17-10(16)12-11(3,4)5/h6,8H,7H2,1-5H3,(H,12,16). The van der Waals surface area contributed by atoms with Gasteiger partial charge in [-0.2, -0.15) is 0 Å². The summed E-state index contributed by atoms with van der Waals surface area (Å²) in [7, 11) is 0. The van der Waals surface area contributed by atoms with E-state index in [1.54, 1.807) is 10.9 Å². The highest BCUT2D eigenvalue weighted by Gasteiger charge is 2.15. The van der Waals surface area contributed by atoms with Crippen molar-refractivity contribution in [3.8, 4) is 0 Å². The molecule has 1 rings (SSSR count). The monoisotopic (exact) mass is 240 g/mol. The Hall–Kier alpha value is -1.59. The molecule has 0 saturated heterocycles. The molecule has 1 heterocycles. The van der Waals surface area contributed by atoms with Gasteiger partial charge in [0, 0.05) is 11.6 Å². The second-order valence-corrected chi connectivity index (χ2v) is 5.23. The Morgan fingerprint density at radius 1 is 1.53 bits per heavy atom. The highest BCUT2D eigenvalue weighted by atomic mass is 16.5. The smallest absolute Gasteiger partial charge is 0.407 e. The Labute approximate surface area is 101 Å². The van der Waals surface area contributed by atoms with Crippen LogP contribution >= 0.6 is 0 Å². The van der Waals surface area contributed by atoms with Crippen LogP contribution in [0.5, 0.6) is 0 Å². The first-order valence-electron chi connectivity index (χ1n) is 5.63. The van der Waals surface area contributed by atoms with Crippen molar-refractivity contribution in [2.45, 2.75) is 52.8 Å². The van der Waals surface area contributed by atoms with E-state index in [2.05, 4.69) is 15.6 Å². The molecule has 0 aliphatic carbocycles. The highest BCUT2D eigenvalue weighted by Crippen LogP contribution is 2.04. The van der Waals surface area contributed by atoms with E-state index in [-0.39, 0.29) is 18.2 Å². The minimum atomic E-state index is -0.448. The van der Waals surface area contributed by atoms with Gasteiger partial charge in [-0.15, -0.1) is 5.10 Å². The average Bonchev–Trinajstić information content (AvgIpc) is 2.60. The lowest BCUT2D eigenvalue weighted by Crippen LogP contribution is -2.40. The zero-order valence-electron chi connectivity index (χ0n) is 11.0. The van der Waals surface area contributed by atoms with E-state index < -0.39 is 6.09 Å². The maximum Gasteiger partial charge on any atom is 0.407 e. The average molecular weight is 240 g/mol. The number of hydrogen-bond donors (Lipinski definition) is 1. The van der Waals surface area contributed by atoms with Crippen LogP contribution in [0.25, 0.3) is 0 Å². The first-order valence-corrected chi connectivity index (χ1v) is 5.63. The molecular weight excluding hydrogens is 220 g/mol. The Morgan fingerprint density at radius 2 is 2.18 bits per heavy atom. The molecule has 17 heavy (non-hydrogen) atoms. The van der Waals surface area contributed by atoms with Crippen molar-refractivity contribution in [2.75, 3.05) is 0 Å². The van der Waals surface area contributed by atoms with Gasteiger partial charge in [0.05, 0.1) is 6.20 Å². The topological polar surface area (TPSA) is 69.0 Å². The molecule has 0 fully saturated rings. The maximum absolute atomic E-state index is 11.4. The van der Waals surface area contributed by atoms with Crippen molar-refractivity contribution in [3.05, 3.63) is 11.9 Å².